The lowest BCUT2D eigenvalue weighted by Gasteiger charge is -2.26. The zero-order valence-electron chi connectivity index (χ0n) is 11.2. The fraction of sp³-hybridized carbons (Fsp3) is 0.923. The smallest absolute Gasteiger partial charge is 0.233 e. The summed E-state index contributed by atoms with van der Waals surface area (Å²) in [5, 5.41) is 6.24. The first kappa shape index (κ1) is 14.8. The van der Waals surface area contributed by atoms with Gasteiger partial charge in [0.25, 0.3) is 0 Å². The van der Waals surface area contributed by atoms with Crippen molar-refractivity contribution in [2.75, 3.05) is 25.9 Å². The zero-order chi connectivity index (χ0) is 12.6. The lowest BCUT2D eigenvalue weighted by Crippen LogP contribution is -2.41. The average Bonchev–Trinajstić information content (AvgIpc) is 2.79. The lowest BCUT2D eigenvalue weighted by atomic mass is 10.1. The number of carbonyl (C=O) groups excluding carboxylic acids is 1. The maximum absolute atomic E-state index is 11.5. The standard InChI is InChI=1S/C13H26N2OS/c1-3-4-9-15-12(16)10-14-11-13(17-2)7-5-6-8-13/h14H,3-11H2,1-2H3,(H,15,16). The lowest BCUT2D eigenvalue weighted by molar-refractivity contribution is -0.120. The molecule has 0 unspecified atom stereocenters. The highest BCUT2D eigenvalue weighted by atomic mass is 32.2. The van der Waals surface area contributed by atoms with Crippen molar-refractivity contribution < 1.29 is 4.79 Å². The molecule has 1 aliphatic carbocycles. The molecule has 0 radical (unpaired) electrons. The molecule has 17 heavy (non-hydrogen) atoms. The van der Waals surface area contributed by atoms with Crippen LogP contribution in [0.3, 0.4) is 0 Å². The van der Waals surface area contributed by atoms with Gasteiger partial charge in [0.15, 0.2) is 0 Å². The normalized spacial score (nSPS) is 18.2. The minimum Gasteiger partial charge on any atom is -0.355 e. The number of thioether (sulfide) groups is 1. The van der Waals surface area contributed by atoms with Gasteiger partial charge in [0.05, 0.1) is 6.54 Å². The summed E-state index contributed by atoms with van der Waals surface area (Å²) >= 11 is 1.96. The van der Waals surface area contributed by atoms with E-state index in [0.29, 0.717) is 11.3 Å². The number of hydrogen-bond acceptors (Lipinski definition) is 3. The molecule has 100 valence electrons. The van der Waals surface area contributed by atoms with Crippen LogP contribution in [0.5, 0.6) is 0 Å². The highest BCUT2D eigenvalue weighted by Crippen LogP contribution is 2.39. The first-order chi connectivity index (χ1) is 8.22. The van der Waals surface area contributed by atoms with Crippen LogP contribution in [-0.2, 0) is 4.79 Å². The minimum atomic E-state index is 0.132. The summed E-state index contributed by atoms with van der Waals surface area (Å²) in [7, 11) is 0. The van der Waals surface area contributed by atoms with Gasteiger partial charge in [-0.1, -0.05) is 26.2 Å². The monoisotopic (exact) mass is 258 g/mol. The Balaban J connectivity index is 2.11. The first-order valence-corrected chi connectivity index (χ1v) is 7.97. The van der Waals surface area contributed by atoms with Crippen LogP contribution in [0.15, 0.2) is 0 Å². The Morgan fingerprint density at radius 1 is 1.35 bits per heavy atom. The predicted molar refractivity (Wildman–Crippen MR) is 75.5 cm³/mol. The Kier molecular flexibility index (Phi) is 6.97. The van der Waals surface area contributed by atoms with Crippen LogP contribution in [0.2, 0.25) is 0 Å². The average molecular weight is 258 g/mol. The summed E-state index contributed by atoms with van der Waals surface area (Å²) in [6.07, 6.45) is 9.64. The Labute approximate surface area is 109 Å². The molecule has 1 fully saturated rings. The van der Waals surface area contributed by atoms with E-state index in [9.17, 15) is 4.79 Å². The molecule has 1 rings (SSSR count). The summed E-state index contributed by atoms with van der Waals surface area (Å²) in [6.45, 7) is 4.37. The van der Waals surface area contributed by atoms with E-state index in [4.69, 9.17) is 0 Å². The van der Waals surface area contributed by atoms with E-state index >= 15 is 0 Å². The van der Waals surface area contributed by atoms with Crippen molar-refractivity contribution in [1.29, 1.82) is 0 Å². The molecule has 0 aromatic carbocycles. The number of nitrogens with one attached hydrogen (secondary N) is 2. The third kappa shape index (κ3) is 5.30. The summed E-state index contributed by atoms with van der Waals surface area (Å²) in [5.41, 5.74) is 0. The maximum Gasteiger partial charge on any atom is 0.233 e. The largest absolute Gasteiger partial charge is 0.355 e. The Morgan fingerprint density at radius 3 is 2.65 bits per heavy atom. The van der Waals surface area contributed by atoms with Crippen LogP contribution in [-0.4, -0.2) is 36.5 Å². The zero-order valence-corrected chi connectivity index (χ0v) is 12.0. The fourth-order valence-electron chi connectivity index (χ4n) is 2.34. The highest BCUT2D eigenvalue weighted by Gasteiger charge is 2.32. The van der Waals surface area contributed by atoms with Crippen molar-refractivity contribution in [1.82, 2.24) is 10.6 Å². The molecule has 3 nitrogen and oxygen atoms in total. The van der Waals surface area contributed by atoms with E-state index in [1.54, 1.807) is 0 Å². The van der Waals surface area contributed by atoms with E-state index in [2.05, 4.69) is 23.8 Å². The maximum atomic E-state index is 11.5. The van der Waals surface area contributed by atoms with Gasteiger partial charge in [-0.05, 0) is 25.5 Å². The Morgan fingerprint density at radius 2 is 2.06 bits per heavy atom. The number of unbranched alkanes of at least 4 members (excludes halogenated alkanes) is 1. The summed E-state index contributed by atoms with van der Waals surface area (Å²) < 4.78 is 0.393. The van der Waals surface area contributed by atoms with E-state index in [1.165, 1.54) is 25.7 Å². The molecule has 2 N–H and O–H groups in total. The predicted octanol–water partition coefficient (Wildman–Crippen LogP) is 2.17. The topological polar surface area (TPSA) is 41.1 Å². The molecule has 0 spiro atoms. The second-order valence-corrected chi connectivity index (χ2v) is 6.18. The summed E-state index contributed by atoms with van der Waals surface area (Å²) in [5.74, 6) is 0.132. The van der Waals surface area contributed by atoms with Crippen LogP contribution < -0.4 is 10.6 Å². The van der Waals surface area contributed by atoms with Crippen molar-refractivity contribution in [3.05, 3.63) is 0 Å². The molecule has 4 heteroatoms. The van der Waals surface area contributed by atoms with Gasteiger partial charge in [-0.3, -0.25) is 4.79 Å². The molecule has 0 bridgehead atoms. The van der Waals surface area contributed by atoms with Gasteiger partial charge >= 0.3 is 0 Å². The molecule has 0 heterocycles. The van der Waals surface area contributed by atoms with Crippen molar-refractivity contribution in [2.45, 2.75) is 50.2 Å². The SMILES string of the molecule is CCCCNC(=O)CNCC1(SC)CCCC1. The molecular weight excluding hydrogens is 232 g/mol. The van der Waals surface area contributed by atoms with E-state index < -0.39 is 0 Å². The number of carbonyl (C=O) groups is 1. The molecule has 1 saturated carbocycles. The van der Waals surface area contributed by atoms with Gasteiger partial charge in [0.2, 0.25) is 5.91 Å². The third-order valence-corrected chi connectivity index (χ3v) is 4.95. The Hall–Kier alpha value is -0.220. The van der Waals surface area contributed by atoms with Crippen LogP contribution in [0.25, 0.3) is 0 Å². The molecule has 0 aromatic rings. The van der Waals surface area contributed by atoms with Gasteiger partial charge in [-0.25, -0.2) is 0 Å². The molecule has 0 atom stereocenters. The van der Waals surface area contributed by atoms with Crippen molar-refractivity contribution in [3.63, 3.8) is 0 Å². The molecular formula is C13H26N2OS. The third-order valence-electron chi connectivity index (χ3n) is 3.53. The van der Waals surface area contributed by atoms with Crippen LogP contribution >= 0.6 is 11.8 Å². The minimum absolute atomic E-state index is 0.132. The van der Waals surface area contributed by atoms with Gasteiger partial charge in [-0.15, -0.1) is 0 Å². The number of amides is 1. The Bertz CT molecular complexity index is 227. The van der Waals surface area contributed by atoms with Crippen LogP contribution in [0, 0.1) is 0 Å². The van der Waals surface area contributed by atoms with Crippen LogP contribution in [0.1, 0.15) is 45.4 Å². The van der Waals surface area contributed by atoms with E-state index in [0.717, 1.165) is 25.9 Å². The molecule has 0 aliphatic heterocycles. The molecule has 0 saturated heterocycles. The van der Waals surface area contributed by atoms with Gasteiger partial charge < -0.3 is 10.6 Å². The molecule has 0 aromatic heterocycles. The number of hydrogen-bond donors (Lipinski definition) is 2. The number of rotatable bonds is 8. The fourth-order valence-corrected chi connectivity index (χ4v) is 3.29. The van der Waals surface area contributed by atoms with Gasteiger partial charge in [-0.2, -0.15) is 11.8 Å². The van der Waals surface area contributed by atoms with E-state index in [1.807, 2.05) is 11.8 Å². The van der Waals surface area contributed by atoms with Gasteiger partial charge in [0, 0.05) is 17.8 Å². The second kappa shape index (κ2) is 7.98. The van der Waals surface area contributed by atoms with Gasteiger partial charge in [0.1, 0.15) is 0 Å². The molecule has 1 aliphatic rings. The summed E-state index contributed by atoms with van der Waals surface area (Å²) in [4.78, 5) is 11.5. The van der Waals surface area contributed by atoms with Crippen molar-refractivity contribution in [3.8, 4) is 0 Å². The van der Waals surface area contributed by atoms with E-state index in [-0.39, 0.29) is 5.91 Å². The van der Waals surface area contributed by atoms with Crippen molar-refractivity contribution in [2.24, 2.45) is 0 Å². The molecule has 1 amide bonds. The summed E-state index contributed by atoms with van der Waals surface area (Å²) in [6, 6.07) is 0. The second-order valence-electron chi connectivity index (χ2n) is 4.90. The highest BCUT2D eigenvalue weighted by molar-refractivity contribution is 8.00. The quantitative estimate of drug-likeness (QED) is 0.656. The first-order valence-electron chi connectivity index (χ1n) is 6.75. The van der Waals surface area contributed by atoms with Crippen LogP contribution in [0.4, 0.5) is 0 Å². The van der Waals surface area contributed by atoms with Crippen molar-refractivity contribution >= 4 is 17.7 Å².